The summed E-state index contributed by atoms with van der Waals surface area (Å²) in [7, 11) is 1.52. The predicted molar refractivity (Wildman–Crippen MR) is 72.0 cm³/mol. The Hall–Kier alpha value is -1.21. The Bertz CT molecular complexity index is 470. The second-order valence-electron chi connectivity index (χ2n) is 4.38. The van der Waals surface area contributed by atoms with Gasteiger partial charge in [-0.15, -0.1) is 0 Å². The summed E-state index contributed by atoms with van der Waals surface area (Å²) in [6.07, 6.45) is 2.37. The average molecular weight is 330 g/mol. The molecule has 2 heterocycles. The fourth-order valence-corrected chi connectivity index (χ4v) is 2.35. The summed E-state index contributed by atoms with van der Waals surface area (Å²) >= 11 is 3.26. The van der Waals surface area contributed by atoms with Crippen molar-refractivity contribution < 1.29 is 14.3 Å². The van der Waals surface area contributed by atoms with Crippen molar-refractivity contribution in [2.24, 2.45) is 0 Å². The van der Waals surface area contributed by atoms with Gasteiger partial charge >= 0.3 is 0 Å². The third kappa shape index (κ3) is 3.63. The van der Waals surface area contributed by atoms with E-state index in [9.17, 15) is 4.79 Å². The molecule has 0 saturated carbocycles. The van der Waals surface area contributed by atoms with Crippen molar-refractivity contribution in [2.45, 2.75) is 19.4 Å². The van der Waals surface area contributed by atoms with Crippen molar-refractivity contribution in [3.05, 3.63) is 16.5 Å². The third-order valence-electron chi connectivity index (χ3n) is 2.92. The molecule has 0 radical (unpaired) electrons. The van der Waals surface area contributed by atoms with E-state index < -0.39 is 0 Å². The van der Waals surface area contributed by atoms with Gasteiger partial charge in [-0.1, -0.05) is 0 Å². The number of aromatic nitrogens is 2. The Balaban J connectivity index is 1.93. The minimum atomic E-state index is -0.0324. The molecule has 1 saturated heterocycles. The monoisotopic (exact) mass is 329 g/mol. The molecule has 2 rings (SSSR count). The molecule has 0 N–H and O–H groups in total. The van der Waals surface area contributed by atoms with Crippen LogP contribution in [0.3, 0.4) is 0 Å². The maximum Gasteiger partial charge on any atom is 0.248 e. The molecule has 0 aliphatic carbocycles. The number of rotatable bonds is 4. The molecular weight excluding hydrogens is 314 g/mol. The van der Waals surface area contributed by atoms with Gasteiger partial charge in [0, 0.05) is 20.1 Å². The van der Waals surface area contributed by atoms with Crippen LogP contribution in [0.25, 0.3) is 0 Å². The topological polar surface area (TPSA) is 64.5 Å². The fourth-order valence-electron chi connectivity index (χ4n) is 1.98. The number of aryl methyl sites for hydroxylation is 1. The minimum absolute atomic E-state index is 0.00721. The van der Waals surface area contributed by atoms with Gasteiger partial charge in [0.05, 0.1) is 12.7 Å². The van der Waals surface area contributed by atoms with E-state index in [0.717, 1.165) is 12.1 Å². The molecule has 1 aromatic rings. The zero-order chi connectivity index (χ0) is 13.8. The van der Waals surface area contributed by atoms with Crippen LogP contribution < -0.4 is 4.74 Å². The van der Waals surface area contributed by atoms with E-state index >= 15 is 0 Å². The molecule has 1 aromatic heterocycles. The molecule has 6 nitrogen and oxygen atoms in total. The van der Waals surface area contributed by atoms with E-state index in [1.54, 1.807) is 11.1 Å². The number of carbonyl (C=O) groups excluding carboxylic acids is 1. The van der Waals surface area contributed by atoms with Crippen LogP contribution in [-0.4, -0.2) is 53.7 Å². The number of ether oxygens (including phenoxy) is 2. The van der Waals surface area contributed by atoms with Crippen LogP contribution in [0, 0.1) is 6.92 Å². The minimum Gasteiger partial charge on any atom is -0.471 e. The molecule has 19 heavy (non-hydrogen) atoms. The van der Waals surface area contributed by atoms with Crippen LogP contribution in [-0.2, 0) is 9.53 Å². The van der Waals surface area contributed by atoms with Gasteiger partial charge in [-0.05, 0) is 22.9 Å². The lowest BCUT2D eigenvalue weighted by molar-refractivity contribution is -0.134. The molecule has 1 fully saturated rings. The molecule has 1 aliphatic heterocycles. The van der Waals surface area contributed by atoms with E-state index in [1.165, 1.54) is 7.11 Å². The Morgan fingerprint density at radius 2 is 2.42 bits per heavy atom. The number of hydrogen-bond donors (Lipinski definition) is 0. The van der Waals surface area contributed by atoms with Gasteiger partial charge in [-0.25, -0.2) is 9.97 Å². The molecule has 1 unspecified atom stereocenters. The fraction of sp³-hybridized carbons (Fsp3) is 0.583. The van der Waals surface area contributed by atoms with Crippen molar-refractivity contribution in [3.8, 4) is 5.88 Å². The van der Waals surface area contributed by atoms with Gasteiger partial charge in [0.2, 0.25) is 11.8 Å². The largest absolute Gasteiger partial charge is 0.471 e. The lowest BCUT2D eigenvalue weighted by Gasteiger charge is -2.17. The van der Waals surface area contributed by atoms with Gasteiger partial charge in [-0.3, -0.25) is 4.79 Å². The smallest absolute Gasteiger partial charge is 0.248 e. The Labute approximate surface area is 120 Å². The zero-order valence-corrected chi connectivity index (χ0v) is 12.5. The number of carbonyl (C=O) groups is 1. The highest BCUT2D eigenvalue weighted by molar-refractivity contribution is 9.10. The Morgan fingerprint density at radius 3 is 3.11 bits per heavy atom. The summed E-state index contributed by atoms with van der Waals surface area (Å²) in [4.78, 5) is 21.8. The van der Waals surface area contributed by atoms with Crippen LogP contribution in [0.15, 0.2) is 10.8 Å². The van der Waals surface area contributed by atoms with E-state index in [2.05, 4.69) is 25.9 Å². The first-order valence-corrected chi connectivity index (χ1v) is 6.82. The van der Waals surface area contributed by atoms with Crippen LogP contribution in [0.2, 0.25) is 0 Å². The van der Waals surface area contributed by atoms with E-state index in [4.69, 9.17) is 9.47 Å². The van der Waals surface area contributed by atoms with E-state index in [-0.39, 0.29) is 18.6 Å². The summed E-state index contributed by atoms with van der Waals surface area (Å²) in [6, 6.07) is 0. The molecule has 1 atom stereocenters. The Kier molecular flexibility index (Phi) is 4.71. The van der Waals surface area contributed by atoms with E-state index in [1.807, 2.05) is 6.92 Å². The molecule has 7 heteroatoms. The number of methoxy groups -OCH3 is 1. The van der Waals surface area contributed by atoms with Gasteiger partial charge in [0.25, 0.3) is 0 Å². The summed E-state index contributed by atoms with van der Waals surface area (Å²) in [5, 5.41) is 0. The highest BCUT2D eigenvalue weighted by Crippen LogP contribution is 2.20. The molecule has 0 bridgehead atoms. The van der Waals surface area contributed by atoms with Gasteiger partial charge in [0.1, 0.15) is 23.0 Å². The quantitative estimate of drug-likeness (QED) is 0.829. The second kappa shape index (κ2) is 6.29. The van der Waals surface area contributed by atoms with Crippen LogP contribution >= 0.6 is 15.9 Å². The maximum absolute atomic E-state index is 11.7. The highest BCUT2D eigenvalue weighted by atomic mass is 79.9. The normalized spacial score (nSPS) is 18.7. The number of nitrogens with zero attached hydrogens (tertiary/aromatic N) is 3. The molecule has 1 aliphatic rings. The zero-order valence-electron chi connectivity index (χ0n) is 10.9. The summed E-state index contributed by atoms with van der Waals surface area (Å²) in [5.74, 6) is 0.515. The van der Waals surface area contributed by atoms with Gasteiger partial charge in [-0.2, -0.15) is 0 Å². The van der Waals surface area contributed by atoms with Crippen molar-refractivity contribution >= 4 is 21.8 Å². The molecule has 1 amide bonds. The standard InChI is InChI=1S/C12H16BrN3O3/c1-8-12(14-5-10(13)15-8)19-9-3-4-16(6-9)11(17)7-18-2/h5,9H,3-4,6-7H2,1-2H3. The van der Waals surface area contributed by atoms with Crippen molar-refractivity contribution in [1.29, 1.82) is 0 Å². The number of amides is 1. The predicted octanol–water partition coefficient (Wildman–Crippen LogP) is 1.17. The van der Waals surface area contributed by atoms with Gasteiger partial charge in [0.15, 0.2) is 0 Å². The SMILES string of the molecule is COCC(=O)N1CCC(Oc2ncc(Br)nc2C)C1. The lowest BCUT2D eigenvalue weighted by Crippen LogP contribution is -2.33. The van der Waals surface area contributed by atoms with Crippen molar-refractivity contribution in [3.63, 3.8) is 0 Å². The molecule has 0 aromatic carbocycles. The third-order valence-corrected chi connectivity index (χ3v) is 3.30. The van der Waals surface area contributed by atoms with Crippen LogP contribution in [0.1, 0.15) is 12.1 Å². The summed E-state index contributed by atoms with van der Waals surface area (Å²) < 4.78 is 11.3. The number of halogens is 1. The lowest BCUT2D eigenvalue weighted by atomic mass is 10.3. The first-order chi connectivity index (χ1) is 9.10. The molecule has 0 spiro atoms. The first kappa shape index (κ1) is 14.2. The average Bonchev–Trinajstić information content (AvgIpc) is 2.82. The number of likely N-dealkylation sites (tertiary alicyclic amines) is 1. The summed E-state index contributed by atoms with van der Waals surface area (Å²) in [6.45, 7) is 3.22. The summed E-state index contributed by atoms with van der Waals surface area (Å²) in [5.41, 5.74) is 0.732. The van der Waals surface area contributed by atoms with Crippen LogP contribution in [0.5, 0.6) is 5.88 Å². The van der Waals surface area contributed by atoms with Crippen LogP contribution in [0.4, 0.5) is 0 Å². The molecule has 104 valence electrons. The molecular formula is C12H16BrN3O3. The highest BCUT2D eigenvalue weighted by Gasteiger charge is 2.28. The van der Waals surface area contributed by atoms with Crippen molar-refractivity contribution in [2.75, 3.05) is 26.8 Å². The number of hydrogen-bond acceptors (Lipinski definition) is 5. The second-order valence-corrected chi connectivity index (χ2v) is 5.20. The first-order valence-electron chi connectivity index (χ1n) is 6.02. The Morgan fingerprint density at radius 1 is 1.63 bits per heavy atom. The maximum atomic E-state index is 11.7. The van der Waals surface area contributed by atoms with E-state index in [0.29, 0.717) is 23.6 Å². The van der Waals surface area contributed by atoms with Crippen molar-refractivity contribution in [1.82, 2.24) is 14.9 Å². The van der Waals surface area contributed by atoms with Gasteiger partial charge < -0.3 is 14.4 Å².